The van der Waals surface area contributed by atoms with Crippen LogP contribution in [-0.4, -0.2) is 63.2 Å². The molecule has 2 aromatic carbocycles. The number of hydrogen-bond acceptors (Lipinski definition) is 6. The van der Waals surface area contributed by atoms with Crippen LogP contribution in [0.25, 0.3) is 0 Å². The molecule has 0 aromatic heterocycles. The van der Waals surface area contributed by atoms with E-state index in [1.807, 2.05) is 6.92 Å². The molecule has 39 heavy (non-hydrogen) atoms. The second-order valence-corrected chi connectivity index (χ2v) is 12.1. The number of halogens is 2. The number of unbranched alkanes of at least 4 members (excludes halogenated alkanes) is 1. The van der Waals surface area contributed by atoms with Crippen molar-refractivity contribution in [3.63, 3.8) is 0 Å². The van der Waals surface area contributed by atoms with Crippen LogP contribution in [0.5, 0.6) is 11.5 Å². The summed E-state index contributed by atoms with van der Waals surface area (Å²) in [4.78, 5) is 28.5. The molecule has 1 aliphatic rings. The number of ether oxygens (including phenoxy) is 2. The van der Waals surface area contributed by atoms with Gasteiger partial charge >= 0.3 is 0 Å². The summed E-state index contributed by atoms with van der Waals surface area (Å²) >= 11 is 12.5. The van der Waals surface area contributed by atoms with Gasteiger partial charge in [-0.25, -0.2) is 8.42 Å². The van der Waals surface area contributed by atoms with Crippen molar-refractivity contribution in [1.29, 1.82) is 0 Å². The smallest absolute Gasteiger partial charge is 0.244 e. The first-order valence-corrected chi connectivity index (χ1v) is 15.4. The molecular formula is C27H35Cl2N3O6S. The highest BCUT2D eigenvalue weighted by molar-refractivity contribution is 7.92. The van der Waals surface area contributed by atoms with E-state index < -0.39 is 28.5 Å². The molecule has 9 nitrogen and oxygen atoms in total. The van der Waals surface area contributed by atoms with Gasteiger partial charge < -0.3 is 19.7 Å². The van der Waals surface area contributed by atoms with Crippen LogP contribution in [0.3, 0.4) is 0 Å². The molecule has 12 heteroatoms. The van der Waals surface area contributed by atoms with Gasteiger partial charge in [0.15, 0.2) is 11.5 Å². The summed E-state index contributed by atoms with van der Waals surface area (Å²) in [5.41, 5.74) is 0.845. The largest absolute Gasteiger partial charge is 0.486 e. The monoisotopic (exact) mass is 599 g/mol. The van der Waals surface area contributed by atoms with Gasteiger partial charge in [0, 0.05) is 29.2 Å². The Morgan fingerprint density at radius 1 is 1.03 bits per heavy atom. The number of sulfonamides is 1. The lowest BCUT2D eigenvalue weighted by Crippen LogP contribution is -2.52. The molecular weight excluding hydrogens is 565 g/mol. The third kappa shape index (κ3) is 7.93. The molecule has 0 bridgehead atoms. The standard InChI is InChI=1S/C27H35Cl2N3O6S/c1-4-7-12-30-27(34)23(5-2)31(17-19-8-9-20(28)15-22(19)29)26(33)18-32(39(35,36)6-3)21-10-11-24-25(16-21)38-14-13-37-24/h8-11,15-16,23H,4-7,12-14,17-18H2,1-3H3,(H,30,34). The first kappa shape index (κ1) is 30.8. The molecule has 0 fully saturated rings. The Kier molecular flexibility index (Phi) is 11.1. The van der Waals surface area contributed by atoms with E-state index in [1.165, 1.54) is 11.8 Å². The van der Waals surface area contributed by atoms with Crippen molar-refractivity contribution in [3.8, 4) is 11.5 Å². The number of rotatable bonds is 13. The quantitative estimate of drug-likeness (QED) is 0.336. The van der Waals surface area contributed by atoms with Gasteiger partial charge in [0.25, 0.3) is 0 Å². The van der Waals surface area contributed by atoms with E-state index >= 15 is 0 Å². The summed E-state index contributed by atoms with van der Waals surface area (Å²) in [7, 11) is -3.88. The molecule has 214 valence electrons. The molecule has 0 radical (unpaired) electrons. The lowest BCUT2D eigenvalue weighted by molar-refractivity contribution is -0.140. The van der Waals surface area contributed by atoms with Gasteiger partial charge in [-0.3, -0.25) is 13.9 Å². The van der Waals surface area contributed by atoms with Gasteiger partial charge in [-0.2, -0.15) is 0 Å². The van der Waals surface area contributed by atoms with Gasteiger partial charge in [-0.15, -0.1) is 0 Å². The van der Waals surface area contributed by atoms with E-state index in [-0.39, 0.29) is 23.9 Å². The fourth-order valence-electron chi connectivity index (χ4n) is 4.17. The van der Waals surface area contributed by atoms with Crippen molar-refractivity contribution >= 4 is 50.7 Å². The SMILES string of the molecule is CCCCNC(=O)C(CC)N(Cc1ccc(Cl)cc1Cl)C(=O)CN(c1ccc2c(c1)OCCO2)S(=O)(=O)CC. The van der Waals surface area contributed by atoms with Gasteiger partial charge in [-0.1, -0.05) is 49.5 Å². The predicted molar refractivity (Wildman–Crippen MR) is 153 cm³/mol. The number of nitrogens with zero attached hydrogens (tertiary/aromatic N) is 2. The molecule has 1 heterocycles. The second-order valence-electron chi connectivity index (χ2n) is 9.06. The van der Waals surface area contributed by atoms with E-state index in [1.54, 1.807) is 43.3 Å². The van der Waals surface area contributed by atoms with E-state index in [9.17, 15) is 18.0 Å². The zero-order chi connectivity index (χ0) is 28.6. The topological polar surface area (TPSA) is 105 Å². The molecule has 0 aliphatic carbocycles. The Balaban J connectivity index is 1.98. The summed E-state index contributed by atoms with van der Waals surface area (Å²) in [6, 6.07) is 8.80. The Bertz CT molecular complexity index is 1270. The van der Waals surface area contributed by atoms with Gasteiger partial charge in [-0.05, 0) is 49.6 Å². The van der Waals surface area contributed by atoms with Crippen molar-refractivity contribution < 1.29 is 27.5 Å². The van der Waals surface area contributed by atoms with Crippen LogP contribution in [0.2, 0.25) is 10.0 Å². The van der Waals surface area contributed by atoms with Crippen LogP contribution in [0.1, 0.15) is 45.6 Å². The third-order valence-electron chi connectivity index (χ3n) is 6.36. The van der Waals surface area contributed by atoms with Gasteiger partial charge in [0.1, 0.15) is 25.8 Å². The highest BCUT2D eigenvalue weighted by Gasteiger charge is 2.33. The van der Waals surface area contributed by atoms with E-state index in [0.717, 1.165) is 17.1 Å². The summed E-state index contributed by atoms with van der Waals surface area (Å²) in [6.07, 6.45) is 2.02. The maximum Gasteiger partial charge on any atom is 0.244 e. The minimum absolute atomic E-state index is 0.00427. The van der Waals surface area contributed by atoms with Gasteiger partial charge in [0.2, 0.25) is 21.8 Å². The number of carbonyl (C=O) groups excluding carboxylic acids is 2. The van der Waals surface area contributed by atoms with Crippen LogP contribution in [0.15, 0.2) is 36.4 Å². The molecule has 1 aliphatic heterocycles. The number of benzene rings is 2. The molecule has 1 N–H and O–H groups in total. The van der Waals surface area contributed by atoms with Crippen molar-refractivity contribution in [3.05, 3.63) is 52.0 Å². The number of carbonyl (C=O) groups is 2. The highest BCUT2D eigenvalue weighted by atomic mass is 35.5. The zero-order valence-corrected chi connectivity index (χ0v) is 24.7. The lowest BCUT2D eigenvalue weighted by atomic mass is 10.1. The van der Waals surface area contributed by atoms with E-state index in [0.29, 0.717) is 53.3 Å². The number of anilines is 1. The lowest BCUT2D eigenvalue weighted by Gasteiger charge is -2.33. The van der Waals surface area contributed by atoms with Crippen molar-refractivity contribution in [2.24, 2.45) is 0 Å². The van der Waals surface area contributed by atoms with E-state index in [2.05, 4.69) is 5.32 Å². The predicted octanol–water partition coefficient (Wildman–Crippen LogP) is 4.64. The number of nitrogens with one attached hydrogen (secondary N) is 1. The molecule has 2 aromatic rings. The normalized spacial score (nSPS) is 13.5. The summed E-state index contributed by atoms with van der Waals surface area (Å²) < 4.78 is 38.6. The fraction of sp³-hybridized carbons (Fsp3) is 0.481. The summed E-state index contributed by atoms with van der Waals surface area (Å²) in [5, 5.41) is 3.67. The molecule has 1 atom stereocenters. The van der Waals surface area contributed by atoms with Crippen molar-refractivity contribution in [2.75, 3.05) is 36.4 Å². The molecule has 1 unspecified atom stereocenters. The van der Waals surface area contributed by atoms with Crippen LogP contribution in [0.4, 0.5) is 5.69 Å². The zero-order valence-electron chi connectivity index (χ0n) is 22.4. The first-order valence-electron chi connectivity index (χ1n) is 13.0. The third-order valence-corrected chi connectivity index (χ3v) is 8.69. The van der Waals surface area contributed by atoms with Crippen LogP contribution in [0, 0.1) is 0 Å². The Morgan fingerprint density at radius 2 is 1.74 bits per heavy atom. The number of hydrogen-bond donors (Lipinski definition) is 1. The minimum atomic E-state index is -3.88. The van der Waals surface area contributed by atoms with Crippen LogP contribution >= 0.6 is 23.2 Å². The Hall–Kier alpha value is -2.69. The highest BCUT2D eigenvalue weighted by Crippen LogP contribution is 2.35. The average Bonchev–Trinajstić information content (AvgIpc) is 2.92. The second kappa shape index (κ2) is 14.1. The van der Waals surface area contributed by atoms with Crippen LogP contribution < -0.4 is 19.1 Å². The maximum absolute atomic E-state index is 13.9. The molecule has 0 spiro atoms. The Labute approximate surface area is 240 Å². The Morgan fingerprint density at radius 3 is 2.38 bits per heavy atom. The maximum atomic E-state index is 13.9. The minimum Gasteiger partial charge on any atom is -0.486 e. The number of amides is 2. The number of fused-ring (bicyclic) bond motifs is 1. The molecule has 3 rings (SSSR count). The van der Waals surface area contributed by atoms with E-state index in [4.69, 9.17) is 32.7 Å². The van der Waals surface area contributed by atoms with Crippen LogP contribution in [-0.2, 0) is 26.2 Å². The van der Waals surface area contributed by atoms with Crippen molar-refractivity contribution in [2.45, 2.75) is 52.6 Å². The molecule has 0 saturated heterocycles. The average molecular weight is 601 g/mol. The summed E-state index contributed by atoms with van der Waals surface area (Å²) in [5.74, 6) is -0.195. The molecule has 0 saturated carbocycles. The fourth-order valence-corrected chi connectivity index (χ4v) is 5.69. The van der Waals surface area contributed by atoms with Gasteiger partial charge in [0.05, 0.1) is 11.4 Å². The molecule has 2 amide bonds. The van der Waals surface area contributed by atoms with Crippen molar-refractivity contribution in [1.82, 2.24) is 10.2 Å². The summed E-state index contributed by atoms with van der Waals surface area (Å²) in [6.45, 7) is 6.00. The first-order chi connectivity index (χ1) is 18.6.